The van der Waals surface area contributed by atoms with E-state index in [9.17, 15) is 0 Å². The van der Waals surface area contributed by atoms with E-state index >= 15 is 0 Å². The van der Waals surface area contributed by atoms with E-state index in [2.05, 4.69) is 10.5 Å². The molecule has 1 heterocycles. The number of nitrogens with zero attached hydrogens (tertiary/aromatic N) is 1. The molecule has 0 saturated carbocycles. The summed E-state index contributed by atoms with van der Waals surface area (Å²) >= 11 is 13.4. The van der Waals surface area contributed by atoms with Gasteiger partial charge in [-0.05, 0) is 31.2 Å². The average Bonchev–Trinajstić information content (AvgIpc) is 2.74. The number of hydrazone groups is 1. The predicted molar refractivity (Wildman–Crippen MR) is 76.6 cm³/mol. The summed E-state index contributed by atoms with van der Waals surface area (Å²) in [6.07, 6.45) is 0. The van der Waals surface area contributed by atoms with E-state index in [1.54, 1.807) is 0 Å². The highest BCUT2D eigenvalue weighted by atomic mass is 35.5. The standard InChI is InChI=1S/C12H10Cl2N2S/c1-8(11-6-7-12(14)17-11)15-16-10-5-3-2-4-9(10)13/h2-7,16H,1H3/b15-8+. The summed E-state index contributed by atoms with van der Waals surface area (Å²) in [6.45, 7) is 1.92. The molecule has 1 aromatic carbocycles. The van der Waals surface area contributed by atoms with Crippen molar-refractivity contribution in [2.24, 2.45) is 5.10 Å². The SMILES string of the molecule is C/C(=N\Nc1ccccc1Cl)c1ccc(Cl)s1. The smallest absolute Gasteiger partial charge is 0.0935 e. The fraction of sp³-hybridized carbons (Fsp3) is 0.0833. The second-order valence-corrected chi connectivity index (χ2v) is 5.51. The zero-order valence-electron chi connectivity index (χ0n) is 9.08. The van der Waals surface area contributed by atoms with Crippen molar-refractivity contribution in [3.8, 4) is 0 Å². The van der Waals surface area contributed by atoms with Crippen molar-refractivity contribution in [2.75, 3.05) is 5.43 Å². The van der Waals surface area contributed by atoms with Gasteiger partial charge in [-0.3, -0.25) is 5.43 Å². The number of para-hydroxylation sites is 1. The van der Waals surface area contributed by atoms with Crippen LogP contribution in [0.4, 0.5) is 5.69 Å². The highest BCUT2D eigenvalue weighted by molar-refractivity contribution is 7.18. The van der Waals surface area contributed by atoms with Crippen molar-refractivity contribution in [3.63, 3.8) is 0 Å². The quantitative estimate of drug-likeness (QED) is 0.630. The van der Waals surface area contributed by atoms with Crippen LogP contribution < -0.4 is 5.43 Å². The molecule has 2 nitrogen and oxygen atoms in total. The summed E-state index contributed by atoms with van der Waals surface area (Å²) in [5.74, 6) is 0. The van der Waals surface area contributed by atoms with E-state index in [-0.39, 0.29) is 0 Å². The molecule has 88 valence electrons. The first kappa shape index (κ1) is 12.4. The Hall–Kier alpha value is -1.03. The number of rotatable bonds is 3. The number of hydrogen-bond donors (Lipinski definition) is 1. The van der Waals surface area contributed by atoms with Crippen molar-refractivity contribution >= 4 is 45.9 Å². The minimum absolute atomic E-state index is 0.647. The normalized spacial score (nSPS) is 11.6. The van der Waals surface area contributed by atoms with Crippen LogP contribution in [0.2, 0.25) is 9.36 Å². The fourth-order valence-corrected chi connectivity index (χ4v) is 2.43. The van der Waals surface area contributed by atoms with Gasteiger partial charge in [0.05, 0.1) is 25.6 Å². The van der Waals surface area contributed by atoms with Gasteiger partial charge in [-0.1, -0.05) is 35.3 Å². The molecule has 0 bridgehead atoms. The van der Waals surface area contributed by atoms with Gasteiger partial charge in [0.15, 0.2) is 0 Å². The maximum atomic E-state index is 6.01. The fourth-order valence-electron chi connectivity index (χ4n) is 1.26. The number of benzene rings is 1. The van der Waals surface area contributed by atoms with Gasteiger partial charge in [-0.15, -0.1) is 11.3 Å². The molecule has 0 aliphatic carbocycles. The average molecular weight is 285 g/mol. The second-order valence-electron chi connectivity index (χ2n) is 3.39. The Morgan fingerprint density at radius 3 is 2.59 bits per heavy atom. The molecule has 0 atom stereocenters. The topological polar surface area (TPSA) is 24.4 Å². The third-order valence-electron chi connectivity index (χ3n) is 2.15. The van der Waals surface area contributed by atoms with E-state index in [0.29, 0.717) is 5.02 Å². The third kappa shape index (κ3) is 3.22. The number of anilines is 1. The van der Waals surface area contributed by atoms with E-state index < -0.39 is 0 Å². The zero-order chi connectivity index (χ0) is 12.3. The molecule has 0 aliphatic heterocycles. The first-order valence-corrected chi connectivity index (χ1v) is 6.54. The lowest BCUT2D eigenvalue weighted by atomic mass is 10.3. The largest absolute Gasteiger partial charge is 0.277 e. The molecule has 0 spiro atoms. The molecule has 1 N–H and O–H groups in total. The Morgan fingerprint density at radius 1 is 1.18 bits per heavy atom. The molecule has 2 rings (SSSR count). The van der Waals surface area contributed by atoms with E-state index in [1.807, 2.05) is 43.3 Å². The van der Waals surface area contributed by atoms with Crippen molar-refractivity contribution in [1.29, 1.82) is 0 Å². The summed E-state index contributed by atoms with van der Waals surface area (Å²) in [7, 11) is 0. The van der Waals surface area contributed by atoms with E-state index in [1.165, 1.54) is 11.3 Å². The van der Waals surface area contributed by atoms with Gasteiger partial charge in [-0.2, -0.15) is 5.10 Å². The van der Waals surface area contributed by atoms with Crippen molar-refractivity contribution in [2.45, 2.75) is 6.92 Å². The summed E-state index contributed by atoms with van der Waals surface area (Å²) in [5, 5.41) is 4.92. The predicted octanol–water partition coefficient (Wildman–Crippen LogP) is 4.89. The first-order chi connectivity index (χ1) is 8.16. The van der Waals surface area contributed by atoms with Gasteiger partial charge in [-0.25, -0.2) is 0 Å². The molecule has 0 saturated heterocycles. The molecule has 0 radical (unpaired) electrons. The van der Waals surface area contributed by atoms with E-state index in [4.69, 9.17) is 23.2 Å². The molecule has 2 aromatic rings. The Morgan fingerprint density at radius 2 is 1.94 bits per heavy atom. The van der Waals surface area contributed by atoms with Gasteiger partial charge in [0.1, 0.15) is 0 Å². The molecule has 0 amide bonds. The van der Waals surface area contributed by atoms with Crippen LogP contribution in [0.3, 0.4) is 0 Å². The van der Waals surface area contributed by atoms with Crippen molar-refractivity contribution in [3.05, 3.63) is 50.6 Å². The first-order valence-electron chi connectivity index (χ1n) is 4.97. The lowest BCUT2D eigenvalue weighted by molar-refractivity contribution is 1.33. The van der Waals surface area contributed by atoms with E-state index in [0.717, 1.165) is 20.6 Å². The van der Waals surface area contributed by atoms with Crippen LogP contribution in [-0.4, -0.2) is 5.71 Å². The highest BCUT2D eigenvalue weighted by Gasteiger charge is 2.02. The summed E-state index contributed by atoms with van der Waals surface area (Å²) in [4.78, 5) is 1.04. The molecule has 0 fully saturated rings. The summed E-state index contributed by atoms with van der Waals surface area (Å²) < 4.78 is 0.757. The Bertz CT molecular complexity index is 549. The van der Waals surface area contributed by atoms with Crippen LogP contribution in [0.25, 0.3) is 0 Å². The molecule has 5 heteroatoms. The Kier molecular flexibility index (Phi) is 4.05. The maximum absolute atomic E-state index is 6.01. The Labute approximate surface area is 114 Å². The Balaban J connectivity index is 2.13. The van der Waals surface area contributed by atoms with Gasteiger partial charge < -0.3 is 0 Å². The van der Waals surface area contributed by atoms with Crippen molar-refractivity contribution < 1.29 is 0 Å². The number of nitrogens with one attached hydrogen (secondary N) is 1. The lowest BCUT2D eigenvalue weighted by Crippen LogP contribution is -1.97. The summed E-state index contributed by atoms with van der Waals surface area (Å²) in [5.41, 5.74) is 4.60. The van der Waals surface area contributed by atoms with Crippen LogP contribution in [-0.2, 0) is 0 Å². The lowest BCUT2D eigenvalue weighted by Gasteiger charge is -2.03. The third-order valence-corrected chi connectivity index (χ3v) is 3.82. The minimum Gasteiger partial charge on any atom is -0.277 e. The molecule has 1 aromatic heterocycles. The monoisotopic (exact) mass is 284 g/mol. The number of thiophene rings is 1. The highest BCUT2D eigenvalue weighted by Crippen LogP contribution is 2.23. The van der Waals surface area contributed by atoms with Crippen LogP contribution in [0.1, 0.15) is 11.8 Å². The second kappa shape index (κ2) is 5.54. The molecular weight excluding hydrogens is 275 g/mol. The number of hydrogen-bond acceptors (Lipinski definition) is 3. The molecule has 0 aliphatic rings. The van der Waals surface area contributed by atoms with Crippen LogP contribution in [0.5, 0.6) is 0 Å². The maximum Gasteiger partial charge on any atom is 0.0935 e. The number of halogens is 2. The van der Waals surface area contributed by atoms with Gasteiger partial charge in [0.2, 0.25) is 0 Å². The van der Waals surface area contributed by atoms with Gasteiger partial charge in [0, 0.05) is 0 Å². The molecular formula is C12H10Cl2N2S. The van der Waals surface area contributed by atoms with Gasteiger partial charge >= 0.3 is 0 Å². The summed E-state index contributed by atoms with van der Waals surface area (Å²) in [6, 6.07) is 11.3. The zero-order valence-corrected chi connectivity index (χ0v) is 11.4. The van der Waals surface area contributed by atoms with Gasteiger partial charge in [0.25, 0.3) is 0 Å². The minimum atomic E-state index is 0.647. The molecule has 0 unspecified atom stereocenters. The van der Waals surface area contributed by atoms with Crippen LogP contribution >= 0.6 is 34.5 Å². The van der Waals surface area contributed by atoms with Crippen molar-refractivity contribution in [1.82, 2.24) is 0 Å². The van der Waals surface area contributed by atoms with Crippen LogP contribution in [0.15, 0.2) is 41.5 Å². The van der Waals surface area contributed by atoms with Crippen LogP contribution in [0, 0.1) is 0 Å². The molecule has 17 heavy (non-hydrogen) atoms.